The van der Waals surface area contributed by atoms with Gasteiger partial charge in [-0.15, -0.1) is 0 Å². The fourth-order valence-corrected chi connectivity index (χ4v) is 2.89. The van der Waals surface area contributed by atoms with Crippen molar-refractivity contribution in [3.05, 3.63) is 51.7 Å². The number of ether oxygens (including phenoxy) is 1. The van der Waals surface area contributed by atoms with E-state index in [-0.39, 0.29) is 11.6 Å². The summed E-state index contributed by atoms with van der Waals surface area (Å²) in [7, 11) is 0. The number of aryl methyl sites for hydroxylation is 2. The van der Waals surface area contributed by atoms with E-state index in [2.05, 4.69) is 5.10 Å². The second-order valence-electron chi connectivity index (χ2n) is 6.00. The molecule has 1 aliphatic heterocycles. The lowest BCUT2D eigenvalue weighted by molar-refractivity contribution is -0.0241. The van der Waals surface area contributed by atoms with E-state index in [1.54, 1.807) is 0 Å². The summed E-state index contributed by atoms with van der Waals surface area (Å²) in [4.78, 5) is 23.5. The van der Waals surface area contributed by atoms with Crippen LogP contribution < -0.4 is 5.69 Å². The minimum atomic E-state index is -1.38. The third kappa shape index (κ3) is 2.99. The van der Waals surface area contributed by atoms with Gasteiger partial charge in [-0.3, -0.25) is 0 Å². The van der Waals surface area contributed by atoms with Gasteiger partial charge in [0.1, 0.15) is 5.82 Å². The van der Waals surface area contributed by atoms with Gasteiger partial charge in [0, 0.05) is 12.3 Å². The quantitative estimate of drug-likeness (QED) is 0.877. The predicted molar refractivity (Wildman–Crippen MR) is 82.4 cm³/mol. The summed E-state index contributed by atoms with van der Waals surface area (Å²) in [5.41, 5.74) is 1.78. The Labute approximate surface area is 133 Å². The van der Waals surface area contributed by atoms with Crippen molar-refractivity contribution in [3.8, 4) is 0 Å². The van der Waals surface area contributed by atoms with Crippen molar-refractivity contribution >= 4 is 6.16 Å². The van der Waals surface area contributed by atoms with Gasteiger partial charge in [-0.2, -0.15) is 5.10 Å². The summed E-state index contributed by atoms with van der Waals surface area (Å²) in [6.07, 6.45) is -0.821. The van der Waals surface area contributed by atoms with Crippen LogP contribution in [0.3, 0.4) is 0 Å². The maximum Gasteiger partial charge on any atom is 0.507 e. The van der Waals surface area contributed by atoms with Gasteiger partial charge in [0.05, 0.1) is 6.54 Å². The Morgan fingerprint density at radius 2 is 2.09 bits per heavy atom. The van der Waals surface area contributed by atoms with Crippen molar-refractivity contribution in [2.24, 2.45) is 5.92 Å². The molecule has 7 nitrogen and oxygen atoms in total. The SMILES string of the molecule is Cc1ccc(Cn2nc3n(c2=O)C(OC(=O)O)C(C)CC3)cc1. The first-order valence-corrected chi connectivity index (χ1v) is 7.59. The van der Waals surface area contributed by atoms with Crippen molar-refractivity contribution < 1.29 is 14.6 Å². The summed E-state index contributed by atoms with van der Waals surface area (Å²) in [6.45, 7) is 4.23. The van der Waals surface area contributed by atoms with Crippen LogP contribution in [-0.2, 0) is 17.7 Å². The van der Waals surface area contributed by atoms with Crippen molar-refractivity contribution in [2.75, 3.05) is 0 Å². The first-order chi connectivity index (χ1) is 11.0. The summed E-state index contributed by atoms with van der Waals surface area (Å²) in [5, 5.41) is 13.3. The largest absolute Gasteiger partial charge is 0.507 e. The van der Waals surface area contributed by atoms with Crippen LogP contribution in [0.25, 0.3) is 0 Å². The molecule has 3 rings (SSSR count). The number of aromatic nitrogens is 3. The Hall–Kier alpha value is -2.57. The summed E-state index contributed by atoms with van der Waals surface area (Å²) in [5.74, 6) is 0.514. The van der Waals surface area contributed by atoms with E-state index in [0.29, 0.717) is 18.8 Å². The highest BCUT2D eigenvalue weighted by molar-refractivity contribution is 5.57. The summed E-state index contributed by atoms with van der Waals surface area (Å²) < 4.78 is 7.66. The molecule has 0 aliphatic carbocycles. The fourth-order valence-electron chi connectivity index (χ4n) is 2.89. The van der Waals surface area contributed by atoms with Crippen molar-refractivity contribution in [2.45, 2.75) is 39.5 Å². The average Bonchev–Trinajstić information content (AvgIpc) is 2.81. The summed E-state index contributed by atoms with van der Waals surface area (Å²) in [6, 6.07) is 7.87. The zero-order valence-electron chi connectivity index (χ0n) is 13.1. The number of hydrogen-bond acceptors (Lipinski definition) is 4. The minimum absolute atomic E-state index is 0.0617. The van der Waals surface area contributed by atoms with Crippen molar-refractivity contribution in [1.29, 1.82) is 0 Å². The Bertz CT molecular complexity index is 776. The van der Waals surface area contributed by atoms with Crippen LogP contribution in [0.2, 0.25) is 0 Å². The van der Waals surface area contributed by atoms with Gasteiger partial charge in [0.2, 0.25) is 0 Å². The van der Waals surface area contributed by atoms with Crippen LogP contribution >= 0.6 is 0 Å². The van der Waals surface area contributed by atoms with Crippen molar-refractivity contribution in [1.82, 2.24) is 14.3 Å². The van der Waals surface area contributed by atoms with Gasteiger partial charge >= 0.3 is 11.8 Å². The number of rotatable bonds is 3. The summed E-state index contributed by atoms with van der Waals surface area (Å²) >= 11 is 0. The monoisotopic (exact) mass is 317 g/mol. The van der Waals surface area contributed by atoms with Gasteiger partial charge < -0.3 is 9.84 Å². The van der Waals surface area contributed by atoms with Crippen LogP contribution in [0.15, 0.2) is 29.1 Å². The Balaban J connectivity index is 1.94. The molecule has 2 aromatic rings. The molecule has 1 aromatic heterocycles. The molecule has 1 N–H and O–H groups in total. The molecule has 0 radical (unpaired) electrons. The van der Waals surface area contributed by atoms with E-state index in [9.17, 15) is 9.59 Å². The number of carbonyl (C=O) groups is 1. The Morgan fingerprint density at radius 1 is 1.39 bits per heavy atom. The Morgan fingerprint density at radius 3 is 2.74 bits per heavy atom. The number of hydrogen-bond donors (Lipinski definition) is 1. The van der Waals surface area contributed by atoms with Gasteiger partial charge in [0.25, 0.3) is 0 Å². The highest BCUT2D eigenvalue weighted by Crippen LogP contribution is 2.28. The van der Waals surface area contributed by atoms with Gasteiger partial charge in [0.15, 0.2) is 6.23 Å². The lowest BCUT2D eigenvalue weighted by atomic mass is 9.99. The van der Waals surface area contributed by atoms with E-state index in [1.807, 2.05) is 38.1 Å². The number of fused-ring (bicyclic) bond motifs is 1. The van der Waals surface area contributed by atoms with Crippen LogP contribution in [0.4, 0.5) is 4.79 Å². The third-order valence-corrected chi connectivity index (χ3v) is 4.18. The molecule has 0 amide bonds. The molecule has 0 saturated heterocycles. The number of carboxylic acid groups (broad SMARTS) is 1. The zero-order valence-corrected chi connectivity index (χ0v) is 13.1. The first kappa shape index (κ1) is 15.3. The molecule has 7 heteroatoms. The van der Waals surface area contributed by atoms with E-state index in [1.165, 1.54) is 9.25 Å². The minimum Gasteiger partial charge on any atom is -0.450 e. The van der Waals surface area contributed by atoms with Crippen LogP contribution in [-0.4, -0.2) is 25.6 Å². The van der Waals surface area contributed by atoms with E-state index in [0.717, 1.165) is 17.5 Å². The van der Waals surface area contributed by atoms with Gasteiger partial charge in [-0.05, 0) is 18.9 Å². The average molecular weight is 317 g/mol. The van der Waals surface area contributed by atoms with Gasteiger partial charge in [-0.1, -0.05) is 36.8 Å². The number of benzene rings is 1. The van der Waals surface area contributed by atoms with E-state index >= 15 is 0 Å². The molecule has 0 bridgehead atoms. The highest BCUT2D eigenvalue weighted by Gasteiger charge is 2.33. The molecule has 23 heavy (non-hydrogen) atoms. The molecule has 0 spiro atoms. The van der Waals surface area contributed by atoms with Crippen molar-refractivity contribution in [3.63, 3.8) is 0 Å². The standard InChI is InChI=1S/C16H19N3O4/c1-10-3-6-12(7-4-10)9-18-15(20)19-13(17-18)8-5-11(2)14(19)23-16(21)22/h3-4,6-7,11,14H,5,8-9H2,1-2H3,(H,21,22). The van der Waals surface area contributed by atoms with Crippen LogP contribution in [0, 0.1) is 12.8 Å². The fraction of sp³-hybridized carbons (Fsp3) is 0.438. The van der Waals surface area contributed by atoms with Crippen LogP contribution in [0.1, 0.15) is 36.5 Å². The second-order valence-corrected chi connectivity index (χ2v) is 6.00. The maximum atomic E-state index is 12.6. The number of nitrogens with zero attached hydrogens (tertiary/aromatic N) is 3. The molecule has 1 aliphatic rings. The van der Waals surface area contributed by atoms with Gasteiger partial charge in [-0.25, -0.2) is 18.8 Å². The Kier molecular flexibility index (Phi) is 3.94. The molecular formula is C16H19N3O4. The second kappa shape index (κ2) is 5.91. The third-order valence-electron chi connectivity index (χ3n) is 4.18. The molecular weight excluding hydrogens is 298 g/mol. The zero-order chi connectivity index (χ0) is 16.6. The lowest BCUT2D eigenvalue weighted by Crippen LogP contribution is -2.36. The topological polar surface area (TPSA) is 86.4 Å². The molecule has 1 aromatic carbocycles. The highest BCUT2D eigenvalue weighted by atomic mass is 16.7. The molecule has 2 unspecified atom stereocenters. The molecule has 2 atom stereocenters. The molecule has 2 heterocycles. The molecule has 0 fully saturated rings. The molecule has 0 saturated carbocycles. The molecule has 122 valence electrons. The predicted octanol–water partition coefficient (Wildman–Crippen LogP) is 2.18. The lowest BCUT2D eigenvalue weighted by Gasteiger charge is -2.27. The smallest absolute Gasteiger partial charge is 0.450 e. The van der Waals surface area contributed by atoms with E-state index in [4.69, 9.17) is 9.84 Å². The van der Waals surface area contributed by atoms with E-state index < -0.39 is 12.4 Å². The normalized spacial score (nSPS) is 20.1. The van der Waals surface area contributed by atoms with Crippen LogP contribution in [0.5, 0.6) is 0 Å². The first-order valence-electron chi connectivity index (χ1n) is 7.59. The maximum absolute atomic E-state index is 12.6.